The number of thiazole rings is 1. The minimum Gasteiger partial charge on any atom is -0.862 e. The molecule has 6 atom stereocenters. The molecule has 4 aromatic rings. The molecule has 0 spiro atoms. The van der Waals surface area contributed by atoms with Crippen molar-refractivity contribution in [3.63, 3.8) is 0 Å². The largest absolute Gasteiger partial charge is 0.862 e. The Morgan fingerprint density at radius 2 is 1.59 bits per heavy atom. The van der Waals surface area contributed by atoms with Crippen LogP contribution in [0.1, 0.15) is 126 Å². The summed E-state index contributed by atoms with van der Waals surface area (Å²) in [6, 6.07) is 17.2. The smallest absolute Gasteiger partial charge is 0.408 e. The number of hydrogen-bond donors (Lipinski definition) is 6. The van der Waals surface area contributed by atoms with Crippen LogP contribution >= 0.6 is 11.3 Å². The van der Waals surface area contributed by atoms with Gasteiger partial charge in [0.25, 0.3) is 0 Å². The quantitative estimate of drug-likeness (QED) is 0.0343. The molecule has 20 heteroatoms. The van der Waals surface area contributed by atoms with E-state index in [1.54, 1.807) is 32.1 Å². The van der Waals surface area contributed by atoms with Crippen LogP contribution in [0, 0.1) is 18.3 Å². The lowest BCUT2D eigenvalue weighted by Gasteiger charge is -2.34. The number of alkyl carbamates (subject to hydrolysis) is 1. The number of aliphatic imine (C=N–C) groups is 1. The van der Waals surface area contributed by atoms with E-state index in [0.29, 0.717) is 31.4 Å². The van der Waals surface area contributed by atoms with Crippen molar-refractivity contribution in [3.8, 4) is 10.4 Å². The van der Waals surface area contributed by atoms with Gasteiger partial charge in [0.1, 0.15) is 29.8 Å². The van der Waals surface area contributed by atoms with Gasteiger partial charge in [-0.25, -0.2) is 9.78 Å². The fourth-order valence-electron chi connectivity index (χ4n) is 10.4. The molecule has 3 aromatic carbocycles. The van der Waals surface area contributed by atoms with E-state index in [4.69, 9.17) is 10.5 Å². The average molecular weight is 1100 g/mol. The highest BCUT2D eigenvalue weighted by molar-refractivity contribution is 7.13. The summed E-state index contributed by atoms with van der Waals surface area (Å²) in [6.07, 6.45) is 2.21. The highest BCUT2D eigenvalue weighted by Crippen LogP contribution is 2.39. The number of hydrogen-bond acceptors (Lipinski definition) is 13. The topological polar surface area (TPSA) is 278 Å². The van der Waals surface area contributed by atoms with Gasteiger partial charge in [0.2, 0.25) is 35.4 Å². The molecule has 1 fully saturated rings. The molecule has 79 heavy (non-hydrogen) atoms. The van der Waals surface area contributed by atoms with Crippen molar-refractivity contribution in [2.24, 2.45) is 22.1 Å². The maximum absolute atomic E-state index is 14.2. The van der Waals surface area contributed by atoms with E-state index in [0.717, 1.165) is 56.8 Å². The van der Waals surface area contributed by atoms with E-state index in [2.05, 4.69) is 31.2 Å². The first-order valence-corrected chi connectivity index (χ1v) is 28.2. The number of aromatic nitrogens is 1. The number of aliphatic hydroxyl groups excluding tert-OH is 1. The minimum atomic E-state index is -1.15. The standard InChI is InChI=1S/C59H77N9O10S/c1-35-51(79-34-64-35)40-21-19-37(20-22-40)30-63-53(73)46-29-42(69)33-67(46)55(75)43(58(2,3)4)32-61-49(71)18-10-8-9-13-36-14-11-15-38(27-36)31-62-52(72)44(25-26-48(60)70)65-54(74)47-28-41-17-12-16-39-23-24-45(56(76)68(47)50(39)41)66-57(77)78-59(5,6)7/h11-12,14-17,19-22,27,34,42-47,69H,8-10,13,18,23-26,28-33H2,1-7H3,(H2,60,70)(H,61,71)(H,62,72)(H,63,73)(H,65,74)(H,66,77)/p-1/t42-,43?,44+,45+,46+,47+/m1/s1. The Morgan fingerprint density at radius 3 is 2.29 bits per heavy atom. The van der Waals surface area contributed by atoms with Crippen molar-refractivity contribution in [3.05, 3.63) is 106 Å². The normalized spacial score (nSPS) is 19.0. The van der Waals surface area contributed by atoms with Gasteiger partial charge in [-0.05, 0) is 117 Å². The van der Waals surface area contributed by atoms with Crippen LogP contribution in [-0.2, 0) is 65.9 Å². The number of rotatable bonds is 22. The summed E-state index contributed by atoms with van der Waals surface area (Å²) in [6.45, 7) is 13.2. The molecule has 424 valence electrons. The fraction of sp³-hybridized carbons (Fsp3) is 0.508. The van der Waals surface area contributed by atoms with E-state index in [1.165, 1.54) is 9.80 Å². The Balaban J connectivity index is 0.873. The van der Waals surface area contributed by atoms with Crippen molar-refractivity contribution in [2.75, 3.05) is 18.0 Å². The van der Waals surface area contributed by atoms with Gasteiger partial charge in [-0.3, -0.25) is 33.7 Å². The zero-order valence-electron chi connectivity index (χ0n) is 46.4. The van der Waals surface area contributed by atoms with Crippen LogP contribution in [0.15, 0.2) is 77.2 Å². The number of primary amides is 1. The Kier molecular flexibility index (Phi) is 19.7. The number of ether oxygens (including phenoxy) is 1. The predicted molar refractivity (Wildman–Crippen MR) is 299 cm³/mol. The lowest BCUT2D eigenvalue weighted by molar-refractivity contribution is -0.219. The first-order valence-electron chi connectivity index (χ1n) is 27.3. The minimum absolute atomic E-state index is 0.0129. The Labute approximate surface area is 466 Å². The number of nitrogens with two attached hydrogens (primary N) is 1. The van der Waals surface area contributed by atoms with Crippen LogP contribution in [-0.4, -0.2) is 111 Å². The molecule has 7 N–H and O–H groups in total. The number of aliphatic hydroxyl groups is 1. The third-order valence-electron chi connectivity index (χ3n) is 14.6. The molecular formula is C59H76N9O10S-. The van der Waals surface area contributed by atoms with E-state index in [9.17, 15) is 43.8 Å². The monoisotopic (exact) mass is 1100 g/mol. The van der Waals surface area contributed by atoms with Crippen LogP contribution in [0.5, 0.6) is 0 Å². The Bertz CT molecular complexity index is 2890. The summed E-state index contributed by atoms with van der Waals surface area (Å²) in [4.78, 5) is 107. The van der Waals surface area contributed by atoms with E-state index < -0.39 is 76.9 Å². The van der Waals surface area contributed by atoms with Gasteiger partial charge in [-0.15, -0.1) is 11.3 Å². The molecule has 0 bridgehead atoms. The molecule has 1 unspecified atom stereocenters. The van der Waals surface area contributed by atoms with Gasteiger partial charge in [0, 0.05) is 45.4 Å². The molecule has 1 aromatic heterocycles. The van der Waals surface area contributed by atoms with Crippen molar-refractivity contribution >= 4 is 64.5 Å². The van der Waals surface area contributed by atoms with Crippen molar-refractivity contribution in [1.82, 2.24) is 31.2 Å². The van der Waals surface area contributed by atoms with Gasteiger partial charge in [-0.2, -0.15) is 0 Å². The van der Waals surface area contributed by atoms with Crippen LogP contribution in [0.2, 0.25) is 0 Å². The first-order chi connectivity index (χ1) is 37.4. The van der Waals surface area contributed by atoms with E-state index in [-0.39, 0.29) is 76.0 Å². The van der Waals surface area contributed by atoms with Gasteiger partial charge in [0.05, 0.1) is 33.8 Å². The van der Waals surface area contributed by atoms with Crippen LogP contribution in [0.4, 0.5) is 10.5 Å². The SMILES string of the molecule is Cc1ncsc1-c1ccc(CNC(=O)[C@@H]2C[C@@H](O)CN2C(=O)C(CN=C([O-])CCCCCc2cccc(CNC(=O)[C@H](CCC(N)=O)NC(=O)[C@@H]3Cc4cccc5c4N3C(=O)[C@@H](NC(=O)OC(C)(C)C)CC5)c2)C(C)(C)C)cc1. The van der Waals surface area contributed by atoms with Crippen molar-refractivity contribution in [2.45, 2.75) is 168 Å². The third-order valence-corrected chi connectivity index (χ3v) is 15.6. The van der Waals surface area contributed by atoms with Gasteiger partial charge < -0.3 is 51.8 Å². The number of carbonyl (C=O) groups is 7. The molecule has 0 aliphatic carbocycles. The Hall–Kier alpha value is -7.19. The number of unbranched alkanes of at least 4 members (excludes halogenated alkanes) is 2. The average Bonchev–Trinajstić information content (AvgIpc) is 4.15. The molecule has 7 rings (SSSR count). The first kappa shape index (κ1) is 59.5. The van der Waals surface area contributed by atoms with E-state index >= 15 is 0 Å². The third kappa shape index (κ3) is 16.0. The summed E-state index contributed by atoms with van der Waals surface area (Å²) in [7, 11) is 0. The predicted octanol–water partition coefficient (Wildman–Crippen LogP) is 5.08. The number of likely N-dealkylation sites (tertiary alicyclic amines) is 1. The van der Waals surface area contributed by atoms with Crippen molar-refractivity contribution in [1.29, 1.82) is 0 Å². The number of benzene rings is 3. The molecule has 7 amide bonds. The fourth-order valence-corrected chi connectivity index (χ4v) is 11.2. The molecule has 3 aliphatic heterocycles. The molecule has 0 saturated carbocycles. The maximum Gasteiger partial charge on any atom is 0.408 e. The molecule has 3 aliphatic rings. The number of anilines is 1. The van der Waals surface area contributed by atoms with E-state index in [1.807, 2.05) is 99.9 Å². The number of aryl methyl sites for hydroxylation is 3. The molecule has 4 heterocycles. The summed E-state index contributed by atoms with van der Waals surface area (Å²) < 4.78 is 5.43. The van der Waals surface area contributed by atoms with Crippen LogP contribution in [0.3, 0.4) is 0 Å². The lowest BCUT2D eigenvalue weighted by atomic mass is 9.79. The molecule has 1 saturated heterocycles. The number of amides is 7. The van der Waals surface area contributed by atoms with Crippen LogP contribution < -0.4 is 37.0 Å². The number of nitrogens with one attached hydrogen (secondary N) is 4. The summed E-state index contributed by atoms with van der Waals surface area (Å²) in [5.74, 6) is -3.93. The maximum atomic E-state index is 14.2. The van der Waals surface area contributed by atoms with Gasteiger partial charge >= 0.3 is 6.09 Å². The number of nitrogens with zero attached hydrogens (tertiary/aromatic N) is 4. The second kappa shape index (κ2) is 26.2. The summed E-state index contributed by atoms with van der Waals surface area (Å²) in [5.41, 5.74) is 12.9. The van der Waals surface area contributed by atoms with Gasteiger partial charge in [-0.1, -0.05) is 93.9 Å². The second-order valence-electron chi connectivity index (χ2n) is 23.0. The number of para-hydroxylation sites is 1. The molecule has 0 radical (unpaired) electrons. The summed E-state index contributed by atoms with van der Waals surface area (Å²) >= 11 is 1.57. The Morgan fingerprint density at radius 1 is 0.886 bits per heavy atom. The van der Waals surface area contributed by atoms with Crippen LogP contribution in [0.25, 0.3) is 10.4 Å². The number of β-amino-alcohol motifs (C(OH)–C–C–N with tert-alkyl or cyclic N) is 1. The summed E-state index contributed by atoms with van der Waals surface area (Å²) in [5, 5.41) is 35.1. The highest BCUT2D eigenvalue weighted by Gasteiger charge is 2.46. The lowest BCUT2D eigenvalue weighted by Crippen LogP contribution is -2.57. The van der Waals surface area contributed by atoms with Gasteiger partial charge in [0.15, 0.2) is 0 Å². The zero-order chi connectivity index (χ0) is 57.2. The zero-order valence-corrected chi connectivity index (χ0v) is 47.2. The molecular weight excluding hydrogens is 1030 g/mol. The van der Waals surface area contributed by atoms with Crippen molar-refractivity contribution < 1.29 is 48.5 Å². The second-order valence-corrected chi connectivity index (χ2v) is 23.8. The highest BCUT2D eigenvalue weighted by atomic mass is 32.1. The number of carbonyl (C=O) groups excluding carboxylic acids is 7. The molecule has 19 nitrogen and oxygen atoms in total.